The Balaban J connectivity index is 2.62. The third-order valence-electron chi connectivity index (χ3n) is 1.80. The molecule has 17 heavy (non-hydrogen) atoms. The molecule has 0 bridgehead atoms. The first-order valence-corrected chi connectivity index (χ1v) is 6.14. The first kappa shape index (κ1) is 13.6. The zero-order valence-corrected chi connectivity index (χ0v) is 10.2. The highest BCUT2D eigenvalue weighted by Crippen LogP contribution is 2.26. The van der Waals surface area contributed by atoms with Crippen molar-refractivity contribution in [1.82, 2.24) is 0 Å². The molecule has 0 spiro atoms. The number of nitrogens with one attached hydrogen (secondary N) is 1. The van der Waals surface area contributed by atoms with Crippen molar-refractivity contribution in [1.29, 1.82) is 0 Å². The van der Waals surface area contributed by atoms with E-state index >= 15 is 0 Å². The predicted octanol–water partition coefficient (Wildman–Crippen LogP) is 2.51. The van der Waals surface area contributed by atoms with Gasteiger partial charge < -0.3 is 9.84 Å². The van der Waals surface area contributed by atoms with E-state index in [-0.39, 0.29) is 13.2 Å². The second kappa shape index (κ2) is 7.76. The van der Waals surface area contributed by atoms with Gasteiger partial charge >= 0.3 is 6.09 Å². The van der Waals surface area contributed by atoms with E-state index in [9.17, 15) is 4.79 Å². The van der Waals surface area contributed by atoms with Crippen LogP contribution in [0.15, 0.2) is 41.8 Å². The first-order chi connectivity index (χ1) is 8.27. The molecule has 0 atom stereocenters. The molecule has 92 valence electrons. The molecule has 5 heteroatoms. The molecule has 0 saturated carbocycles. The summed E-state index contributed by atoms with van der Waals surface area (Å²) in [6, 6.07) is 7.44. The van der Waals surface area contributed by atoms with Crippen molar-refractivity contribution < 1.29 is 14.6 Å². The molecule has 4 nitrogen and oxygen atoms in total. The maximum atomic E-state index is 11.3. The van der Waals surface area contributed by atoms with Gasteiger partial charge in [-0.1, -0.05) is 18.2 Å². The zero-order chi connectivity index (χ0) is 12.5. The summed E-state index contributed by atoms with van der Waals surface area (Å²) in [5.41, 5.74) is 0.697. The quantitative estimate of drug-likeness (QED) is 0.604. The molecule has 1 aromatic rings. The summed E-state index contributed by atoms with van der Waals surface area (Å²) < 4.78 is 4.73. The molecule has 0 aromatic heterocycles. The van der Waals surface area contributed by atoms with Crippen LogP contribution in [0.4, 0.5) is 10.5 Å². The molecular formula is C12H15NO3S. The number of thioether (sulfide) groups is 1. The van der Waals surface area contributed by atoms with Gasteiger partial charge in [0.2, 0.25) is 0 Å². The number of carbonyl (C=O) groups excluding carboxylic acids is 1. The van der Waals surface area contributed by atoms with Crippen LogP contribution in [-0.2, 0) is 4.74 Å². The van der Waals surface area contributed by atoms with Gasteiger partial charge in [-0.15, -0.1) is 18.3 Å². The molecule has 0 radical (unpaired) electrons. The van der Waals surface area contributed by atoms with E-state index in [4.69, 9.17) is 9.84 Å². The molecule has 0 aliphatic rings. The number of benzene rings is 1. The van der Waals surface area contributed by atoms with Gasteiger partial charge in [0.15, 0.2) is 0 Å². The van der Waals surface area contributed by atoms with Crippen molar-refractivity contribution in [3.05, 3.63) is 36.9 Å². The number of carbonyl (C=O) groups is 1. The summed E-state index contributed by atoms with van der Waals surface area (Å²) in [6.07, 6.45) is 1.23. The minimum atomic E-state index is -0.564. The minimum Gasteiger partial charge on any atom is -0.447 e. The monoisotopic (exact) mass is 253 g/mol. The van der Waals surface area contributed by atoms with Crippen LogP contribution in [0, 0.1) is 0 Å². The van der Waals surface area contributed by atoms with E-state index < -0.39 is 6.09 Å². The average molecular weight is 253 g/mol. The Bertz CT molecular complexity index is 382. The fraction of sp³-hybridized carbons (Fsp3) is 0.250. The lowest BCUT2D eigenvalue weighted by Gasteiger charge is -2.09. The van der Waals surface area contributed by atoms with Gasteiger partial charge in [-0.2, -0.15) is 0 Å². The lowest BCUT2D eigenvalue weighted by molar-refractivity contribution is 0.131. The van der Waals surface area contributed by atoms with E-state index in [1.807, 2.05) is 18.2 Å². The SMILES string of the molecule is C=CCSc1ccccc1NC(=O)OCCO. The first-order valence-electron chi connectivity index (χ1n) is 5.15. The summed E-state index contributed by atoms with van der Waals surface area (Å²) >= 11 is 1.58. The second-order valence-corrected chi connectivity index (χ2v) is 4.14. The van der Waals surface area contributed by atoms with Crippen LogP contribution in [0.1, 0.15) is 0 Å². The minimum absolute atomic E-state index is 0.00615. The highest BCUT2D eigenvalue weighted by atomic mass is 32.2. The molecule has 2 N–H and O–H groups in total. The van der Waals surface area contributed by atoms with E-state index in [1.54, 1.807) is 23.9 Å². The molecule has 1 rings (SSSR count). The standard InChI is InChI=1S/C12H15NO3S/c1-2-9-17-11-6-4-3-5-10(11)13-12(15)16-8-7-14/h2-6,14H,1,7-9H2,(H,13,15). The van der Waals surface area contributed by atoms with Crippen LogP contribution < -0.4 is 5.32 Å². The largest absolute Gasteiger partial charge is 0.447 e. The Morgan fingerprint density at radius 2 is 2.29 bits per heavy atom. The summed E-state index contributed by atoms with van der Waals surface area (Å²) in [5.74, 6) is 0.768. The number of rotatable bonds is 6. The van der Waals surface area contributed by atoms with Crippen LogP contribution in [0.3, 0.4) is 0 Å². The topological polar surface area (TPSA) is 58.6 Å². The molecule has 1 amide bonds. The van der Waals surface area contributed by atoms with Gasteiger partial charge in [0, 0.05) is 10.6 Å². The molecule has 0 saturated heterocycles. The Labute approximate surface area is 105 Å². The molecule has 1 aromatic carbocycles. The number of ether oxygens (including phenoxy) is 1. The van der Waals surface area contributed by atoms with Gasteiger partial charge in [-0.05, 0) is 12.1 Å². The summed E-state index contributed by atoms with van der Waals surface area (Å²) in [7, 11) is 0. The van der Waals surface area contributed by atoms with Gasteiger partial charge in [0.1, 0.15) is 6.61 Å². The molecule has 0 unspecified atom stereocenters. The third-order valence-corrected chi connectivity index (χ3v) is 2.87. The predicted molar refractivity (Wildman–Crippen MR) is 69.4 cm³/mol. The Morgan fingerprint density at radius 1 is 1.53 bits per heavy atom. The van der Waals surface area contributed by atoms with Gasteiger partial charge in [-0.3, -0.25) is 5.32 Å². The number of aliphatic hydroxyl groups is 1. The van der Waals surface area contributed by atoms with Crippen molar-refractivity contribution in [2.24, 2.45) is 0 Å². The van der Waals surface area contributed by atoms with Gasteiger partial charge in [-0.25, -0.2) is 4.79 Å². The molecular weight excluding hydrogens is 238 g/mol. The molecule has 0 aliphatic carbocycles. The summed E-state index contributed by atoms with van der Waals surface area (Å²) in [6.45, 7) is 3.46. The van der Waals surface area contributed by atoms with Crippen LogP contribution in [0.25, 0.3) is 0 Å². The fourth-order valence-electron chi connectivity index (χ4n) is 1.13. The van der Waals surface area contributed by atoms with Crippen LogP contribution in [0.5, 0.6) is 0 Å². The van der Waals surface area contributed by atoms with Crippen molar-refractivity contribution >= 4 is 23.5 Å². The van der Waals surface area contributed by atoms with Crippen molar-refractivity contribution in [2.45, 2.75) is 4.90 Å². The second-order valence-electron chi connectivity index (χ2n) is 3.08. The number of hydrogen-bond acceptors (Lipinski definition) is 4. The van der Waals surface area contributed by atoms with E-state index in [1.165, 1.54) is 0 Å². The summed E-state index contributed by atoms with van der Waals surface area (Å²) in [4.78, 5) is 12.3. The maximum absolute atomic E-state index is 11.3. The third kappa shape index (κ3) is 4.93. The Morgan fingerprint density at radius 3 is 3.00 bits per heavy atom. The van der Waals surface area contributed by atoms with Gasteiger partial charge in [0.25, 0.3) is 0 Å². The molecule has 0 fully saturated rings. The molecule has 0 aliphatic heterocycles. The highest BCUT2D eigenvalue weighted by Gasteiger charge is 2.06. The smallest absolute Gasteiger partial charge is 0.411 e. The average Bonchev–Trinajstić information content (AvgIpc) is 2.35. The summed E-state index contributed by atoms with van der Waals surface area (Å²) in [5, 5.41) is 11.2. The fourth-order valence-corrected chi connectivity index (χ4v) is 1.88. The number of hydrogen-bond donors (Lipinski definition) is 2. The normalized spacial score (nSPS) is 9.71. The number of anilines is 1. The zero-order valence-electron chi connectivity index (χ0n) is 9.39. The van der Waals surface area contributed by atoms with Crippen molar-refractivity contribution in [2.75, 3.05) is 24.3 Å². The Kier molecular flexibility index (Phi) is 6.21. The number of amides is 1. The van der Waals surface area contributed by atoms with Crippen LogP contribution in [-0.4, -0.2) is 30.2 Å². The van der Waals surface area contributed by atoms with Crippen molar-refractivity contribution in [3.8, 4) is 0 Å². The maximum Gasteiger partial charge on any atom is 0.411 e. The van der Waals surface area contributed by atoms with Crippen LogP contribution >= 0.6 is 11.8 Å². The highest BCUT2D eigenvalue weighted by molar-refractivity contribution is 7.99. The van der Waals surface area contributed by atoms with E-state index in [2.05, 4.69) is 11.9 Å². The Hall–Kier alpha value is -1.46. The molecule has 0 heterocycles. The van der Waals surface area contributed by atoms with E-state index in [0.717, 1.165) is 10.6 Å². The lowest BCUT2D eigenvalue weighted by Crippen LogP contribution is -2.16. The lowest BCUT2D eigenvalue weighted by atomic mass is 10.3. The van der Waals surface area contributed by atoms with Gasteiger partial charge in [0.05, 0.1) is 12.3 Å². The van der Waals surface area contributed by atoms with Crippen LogP contribution in [0.2, 0.25) is 0 Å². The number of para-hydroxylation sites is 1. The van der Waals surface area contributed by atoms with Crippen molar-refractivity contribution in [3.63, 3.8) is 0 Å². The van der Waals surface area contributed by atoms with E-state index in [0.29, 0.717) is 5.69 Å². The number of aliphatic hydroxyl groups excluding tert-OH is 1.